The minimum atomic E-state index is -4.00. The highest BCUT2D eigenvalue weighted by atomic mass is 32.2. The second kappa shape index (κ2) is 13.4. The van der Waals surface area contributed by atoms with Crippen molar-refractivity contribution in [3.8, 4) is 0 Å². The van der Waals surface area contributed by atoms with Crippen molar-refractivity contribution in [2.45, 2.75) is 31.6 Å². The standard InChI is InChI=1S/C28H39N7O5S/c1-4-32(5-2)28(36)23-10-8-14-33(21-23)26-11-7-6-9-22(26)20-29-30-25-13-12-24(35(37)38)19-27(25)41(39,40)34-17-15-31(3)16-18-34/h6-7,9,11-13,19-20,23,30H,4-5,8,10,14-18,21H2,1-3H3/b29-20-/t23-/m0/s1. The molecule has 41 heavy (non-hydrogen) atoms. The van der Waals surface area contributed by atoms with Crippen LogP contribution in [-0.2, 0) is 14.8 Å². The van der Waals surface area contributed by atoms with Gasteiger partial charge in [0.1, 0.15) is 4.90 Å². The number of non-ortho nitro benzene ring substituents is 1. The number of hydrogen-bond donors (Lipinski definition) is 1. The van der Waals surface area contributed by atoms with Crippen LogP contribution in [0.1, 0.15) is 32.3 Å². The number of nitrogens with zero attached hydrogens (tertiary/aromatic N) is 6. The number of carbonyl (C=O) groups is 1. The Balaban J connectivity index is 1.56. The summed E-state index contributed by atoms with van der Waals surface area (Å²) in [6.07, 6.45) is 3.37. The van der Waals surface area contributed by atoms with Crippen molar-refractivity contribution >= 4 is 39.2 Å². The Kier molecular flexibility index (Phi) is 9.94. The van der Waals surface area contributed by atoms with Gasteiger partial charge in [0.15, 0.2) is 0 Å². The number of rotatable bonds is 10. The lowest BCUT2D eigenvalue weighted by molar-refractivity contribution is -0.385. The summed E-state index contributed by atoms with van der Waals surface area (Å²) in [4.78, 5) is 29.8. The van der Waals surface area contributed by atoms with E-state index in [9.17, 15) is 23.3 Å². The summed E-state index contributed by atoms with van der Waals surface area (Å²) in [5.41, 5.74) is 4.41. The maximum Gasteiger partial charge on any atom is 0.270 e. The van der Waals surface area contributed by atoms with Gasteiger partial charge in [-0.15, -0.1) is 0 Å². The lowest BCUT2D eigenvalue weighted by Crippen LogP contribution is -2.47. The first-order valence-corrected chi connectivity index (χ1v) is 15.5. The van der Waals surface area contributed by atoms with Crippen LogP contribution < -0.4 is 10.3 Å². The van der Waals surface area contributed by atoms with Crippen LogP contribution in [0, 0.1) is 16.0 Å². The van der Waals surface area contributed by atoms with Gasteiger partial charge in [0.2, 0.25) is 15.9 Å². The molecule has 1 atom stereocenters. The number of hydrogen-bond acceptors (Lipinski definition) is 9. The summed E-state index contributed by atoms with van der Waals surface area (Å²) in [6, 6.07) is 11.4. The average molecular weight is 586 g/mol. The van der Waals surface area contributed by atoms with E-state index in [0.29, 0.717) is 45.8 Å². The van der Waals surface area contributed by atoms with Gasteiger partial charge in [-0.05, 0) is 45.9 Å². The van der Waals surface area contributed by atoms with Gasteiger partial charge in [0.25, 0.3) is 5.69 Å². The Morgan fingerprint density at radius 3 is 2.51 bits per heavy atom. The van der Waals surface area contributed by atoms with Crippen LogP contribution in [0.15, 0.2) is 52.5 Å². The smallest absolute Gasteiger partial charge is 0.270 e. The minimum absolute atomic E-state index is 0.0748. The molecular formula is C28H39N7O5S. The Hall–Kier alpha value is -3.55. The molecule has 0 unspecified atom stereocenters. The highest BCUT2D eigenvalue weighted by Gasteiger charge is 2.32. The van der Waals surface area contributed by atoms with Crippen LogP contribution in [0.5, 0.6) is 0 Å². The van der Waals surface area contributed by atoms with E-state index >= 15 is 0 Å². The molecule has 0 aromatic heterocycles. The third kappa shape index (κ3) is 7.03. The molecule has 2 aromatic carbocycles. The average Bonchev–Trinajstić information content (AvgIpc) is 2.98. The number of para-hydroxylation sites is 1. The molecule has 2 aromatic rings. The van der Waals surface area contributed by atoms with Crippen molar-refractivity contribution in [3.05, 3.63) is 58.1 Å². The maximum absolute atomic E-state index is 13.5. The van der Waals surface area contributed by atoms with Crippen LogP contribution in [0.2, 0.25) is 0 Å². The first-order chi connectivity index (χ1) is 19.6. The monoisotopic (exact) mass is 585 g/mol. The fourth-order valence-electron chi connectivity index (χ4n) is 5.34. The fraction of sp³-hybridized carbons (Fsp3) is 0.500. The Labute approximate surface area is 241 Å². The van der Waals surface area contributed by atoms with E-state index in [-0.39, 0.29) is 28.1 Å². The summed E-state index contributed by atoms with van der Waals surface area (Å²) >= 11 is 0. The molecule has 0 aliphatic carbocycles. The van der Waals surface area contributed by atoms with Gasteiger partial charge in [0.05, 0.1) is 22.7 Å². The summed E-state index contributed by atoms with van der Waals surface area (Å²) < 4.78 is 28.4. The number of carbonyl (C=O) groups excluding carboxylic acids is 1. The number of piperazine rings is 1. The first-order valence-electron chi connectivity index (χ1n) is 14.0. The van der Waals surface area contributed by atoms with E-state index in [4.69, 9.17) is 0 Å². The lowest BCUT2D eigenvalue weighted by Gasteiger charge is -2.36. The van der Waals surface area contributed by atoms with E-state index in [1.54, 1.807) is 6.21 Å². The molecular weight excluding hydrogens is 546 g/mol. The van der Waals surface area contributed by atoms with Gasteiger partial charge in [-0.2, -0.15) is 9.41 Å². The SMILES string of the molecule is CCN(CC)C(=O)[C@H]1CCCN(c2ccccc2/C=N\Nc2ccc([N+](=O)[O-])cc2S(=O)(=O)N2CCN(C)CC2)C1. The molecule has 0 saturated carbocycles. The third-order valence-corrected chi connectivity index (χ3v) is 9.71. The minimum Gasteiger partial charge on any atom is -0.370 e. The van der Waals surface area contributed by atoms with E-state index in [1.165, 1.54) is 16.4 Å². The summed E-state index contributed by atoms with van der Waals surface area (Å²) in [6.45, 7) is 8.54. The Morgan fingerprint density at radius 1 is 1.12 bits per heavy atom. The Bertz CT molecular complexity index is 1370. The molecule has 2 saturated heterocycles. The van der Waals surface area contributed by atoms with Crippen LogP contribution in [0.4, 0.5) is 17.1 Å². The number of amides is 1. The van der Waals surface area contributed by atoms with Crippen LogP contribution in [0.3, 0.4) is 0 Å². The zero-order valence-corrected chi connectivity index (χ0v) is 24.7. The number of sulfonamides is 1. The molecule has 2 aliphatic heterocycles. The molecule has 4 rings (SSSR count). The van der Waals surface area contributed by atoms with E-state index in [1.807, 2.05) is 55.0 Å². The van der Waals surface area contributed by atoms with Crippen molar-refractivity contribution < 1.29 is 18.1 Å². The predicted octanol–water partition coefficient (Wildman–Crippen LogP) is 3.06. The maximum atomic E-state index is 13.5. The molecule has 0 bridgehead atoms. The van der Waals surface area contributed by atoms with Gasteiger partial charge in [-0.25, -0.2) is 8.42 Å². The van der Waals surface area contributed by atoms with Gasteiger partial charge in [0, 0.05) is 75.7 Å². The van der Waals surface area contributed by atoms with Crippen molar-refractivity contribution in [1.29, 1.82) is 0 Å². The summed E-state index contributed by atoms with van der Waals surface area (Å²) in [5.74, 6) is 0.106. The lowest BCUT2D eigenvalue weighted by atomic mass is 9.95. The summed E-state index contributed by atoms with van der Waals surface area (Å²) in [5, 5.41) is 15.8. The number of piperidine rings is 1. The molecule has 0 radical (unpaired) electrons. The van der Waals surface area contributed by atoms with Gasteiger partial charge in [-0.1, -0.05) is 18.2 Å². The quantitative estimate of drug-likeness (QED) is 0.256. The van der Waals surface area contributed by atoms with E-state index < -0.39 is 14.9 Å². The molecule has 1 amide bonds. The number of benzene rings is 2. The van der Waals surface area contributed by atoms with Crippen LogP contribution >= 0.6 is 0 Å². The highest BCUT2D eigenvalue weighted by Crippen LogP contribution is 2.30. The Morgan fingerprint density at radius 2 is 1.83 bits per heavy atom. The van der Waals surface area contributed by atoms with Crippen molar-refractivity contribution in [3.63, 3.8) is 0 Å². The van der Waals surface area contributed by atoms with Crippen molar-refractivity contribution in [2.24, 2.45) is 11.0 Å². The van der Waals surface area contributed by atoms with E-state index in [2.05, 4.69) is 15.4 Å². The molecule has 1 N–H and O–H groups in total. The molecule has 222 valence electrons. The number of hydrazone groups is 1. The molecule has 2 fully saturated rings. The third-order valence-electron chi connectivity index (χ3n) is 7.77. The number of nitrogens with one attached hydrogen (secondary N) is 1. The van der Waals surface area contributed by atoms with Crippen molar-refractivity contribution in [1.82, 2.24) is 14.1 Å². The first kappa shape index (κ1) is 30.4. The predicted molar refractivity (Wildman–Crippen MR) is 160 cm³/mol. The second-order valence-electron chi connectivity index (χ2n) is 10.4. The topological polar surface area (TPSA) is 132 Å². The molecule has 12 nitrogen and oxygen atoms in total. The molecule has 2 heterocycles. The molecule has 13 heteroatoms. The molecule has 2 aliphatic rings. The largest absolute Gasteiger partial charge is 0.370 e. The van der Waals surface area contributed by atoms with Gasteiger partial charge >= 0.3 is 0 Å². The number of nitro groups is 1. The number of anilines is 2. The van der Waals surface area contributed by atoms with Crippen molar-refractivity contribution in [2.75, 3.05) is 69.7 Å². The van der Waals surface area contributed by atoms with Gasteiger partial charge < -0.3 is 14.7 Å². The zero-order chi connectivity index (χ0) is 29.6. The number of likely N-dealkylation sites (N-methyl/N-ethyl adjacent to an activating group) is 1. The summed E-state index contributed by atoms with van der Waals surface area (Å²) in [7, 11) is -2.08. The number of nitro benzene ring substituents is 1. The molecule has 0 spiro atoms. The van der Waals surface area contributed by atoms with Crippen LogP contribution in [0.25, 0.3) is 0 Å². The normalized spacial score (nSPS) is 18.9. The van der Waals surface area contributed by atoms with E-state index in [0.717, 1.165) is 36.7 Å². The van der Waals surface area contributed by atoms with Gasteiger partial charge in [-0.3, -0.25) is 20.3 Å². The second-order valence-corrected chi connectivity index (χ2v) is 12.3. The zero-order valence-electron chi connectivity index (χ0n) is 23.9. The van der Waals surface area contributed by atoms with Crippen LogP contribution in [-0.4, -0.2) is 99.0 Å². The highest BCUT2D eigenvalue weighted by molar-refractivity contribution is 7.89. The fourth-order valence-corrected chi connectivity index (χ4v) is 6.93.